The van der Waals surface area contributed by atoms with Crippen molar-refractivity contribution in [3.63, 3.8) is 0 Å². The fourth-order valence-corrected chi connectivity index (χ4v) is 3.67. The SMILES string of the molecule is CCCCN1C(=O)C(=O)/C(=C(/O)c2cc(F)ccc2OC)C1c1ccccc1OC. The first kappa shape index (κ1) is 21.4. The van der Waals surface area contributed by atoms with Gasteiger partial charge in [-0.25, -0.2) is 4.39 Å². The lowest BCUT2D eigenvalue weighted by Crippen LogP contribution is -2.30. The van der Waals surface area contributed by atoms with Crippen molar-refractivity contribution in [2.45, 2.75) is 25.8 Å². The number of ketones is 1. The summed E-state index contributed by atoms with van der Waals surface area (Å²) >= 11 is 0. The number of likely N-dealkylation sites (tertiary alicyclic amines) is 1. The number of Topliss-reactive ketones (excluding diaryl/α,β-unsaturated/α-hetero) is 1. The van der Waals surface area contributed by atoms with Crippen LogP contribution < -0.4 is 9.47 Å². The van der Waals surface area contributed by atoms with Gasteiger partial charge in [-0.15, -0.1) is 0 Å². The largest absolute Gasteiger partial charge is 0.507 e. The van der Waals surface area contributed by atoms with Gasteiger partial charge in [-0.1, -0.05) is 31.5 Å². The fourth-order valence-electron chi connectivity index (χ4n) is 3.67. The van der Waals surface area contributed by atoms with E-state index in [0.29, 0.717) is 24.3 Å². The Labute approximate surface area is 174 Å². The summed E-state index contributed by atoms with van der Waals surface area (Å²) in [5, 5.41) is 11.1. The summed E-state index contributed by atoms with van der Waals surface area (Å²) in [7, 11) is 2.87. The molecule has 1 fully saturated rings. The normalized spacial score (nSPS) is 18.0. The van der Waals surface area contributed by atoms with E-state index < -0.39 is 29.3 Å². The number of unbranched alkanes of at least 4 members (excludes halogenated alkanes) is 1. The molecule has 2 aromatic rings. The molecule has 0 bridgehead atoms. The molecule has 0 spiro atoms. The highest BCUT2D eigenvalue weighted by atomic mass is 19.1. The predicted octanol–water partition coefficient (Wildman–Crippen LogP) is 4.06. The standard InChI is InChI=1S/C23H24FNO5/c1-4-5-12-25-20(15-8-6-7-9-17(15)29-2)19(22(27)23(25)28)21(26)16-13-14(24)10-11-18(16)30-3/h6-11,13,20,26H,4-5,12H2,1-3H3/b21-19+. The van der Waals surface area contributed by atoms with Crippen LogP contribution in [0.25, 0.3) is 5.76 Å². The highest BCUT2D eigenvalue weighted by Crippen LogP contribution is 2.43. The van der Waals surface area contributed by atoms with E-state index in [2.05, 4.69) is 0 Å². The van der Waals surface area contributed by atoms with Crippen LogP contribution in [-0.4, -0.2) is 42.5 Å². The average molecular weight is 413 g/mol. The molecule has 1 atom stereocenters. The number of hydrogen-bond acceptors (Lipinski definition) is 5. The average Bonchev–Trinajstić information content (AvgIpc) is 3.01. The number of ether oxygens (including phenoxy) is 2. The van der Waals surface area contributed by atoms with Gasteiger partial charge in [-0.05, 0) is 30.7 Å². The highest BCUT2D eigenvalue weighted by Gasteiger charge is 2.47. The van der Waals surface area contributed by atoms with Gasteiger partial charge in [0.1, 0.15) is 23.1 Å². The second kappa shape index (κ2) is 8.98. The number of hydrogen-bond donors (Lipinski definition) is 1. The van der Waals surface area contributed by atoms with E-state index in [0.717, 1.165) is 12.5 Å². The molecule has 0 saturated carbocycles. The van der Waals surface area contributed by atoms with E-state index in [4.69, 9.17) is 9.47 Å². The maximum absolute atomic E-state index is 13.9. The summed E-state index contributed by atoms with van der Waals surface area (Å²) in [5.41, 5.74) is 0.447. The van der Waals surface area contributed by atoms with Gasteiger partial charge in [-0.2, -0.15) is 0 Å². The van der Waals surface area contributed by atoms with Gasteiger partial charge in [0.25, 0.3) is 11.7 Å². The molecule has 1 heterocycles. The van der Waals surface area contributed by atoms with E-state index in [9.17, 15) is 19.1 Å². The summed E-state index contributed by atoms with van der Waals surface area (Å²) in [6, 6.07) is 9.76. The molecule has 2 aromatic carbocycles. The Morgan fingerprint density at radius 3 is 2.47 bits per heavy atom. The van der Waals surface area contributed by atoms with Crippen molar-refractivity contribution in [3.05, 3.63) is 65.0 Å². The number of methoxy groups -OCH3 is 2. The summed E-state index contributed by atoms with van der Waals surface area (Å²) in [6.07, 6.45) is 1.50. The molecule has 1 N–H and O–H groups in total. The quantitative estimate of drug-likeness (QED) is 0.421. The monoisotopic (exact) mass is 413 g/mol. The lowest BCUT2D eigenvalue weighted by atomic mass is 9.94. The molecule has 0 aromatic heterocycles. The second-order valence-corrected chi connectivity index (χ2v) is 6.93. The van der Waals surface area contributed by atoms with Gasteiger partial charge in [0, 0.05) is 12.1 Å². The number of aliphatic hydroxyl groups is 1. The van der Waals surface area contributed by atoms with Gasteiger partial charge >= 0.3 is 0 Å². The Morgan fingerprint density at radius 2 is 1.80 bits per heavy atom. The number of carbonyl (C=O) groups excluding carboxylic acids is 2. The summed E-state index contributed by atoms with van der Waals surface area (Å²) < 4.78 is 24.6. The van der Waals surface area contributed by atoms with Crippen molar-refractivity contribution >= 4 is 17.4 Å². The van der Waals surface area contributed by atoms with Crippen LogP contribution in [0.2, 0.25) is 0 Å². The minimum absolute atomic E-state index is 0.00545. The number of rotatable bonds is 7. The first-order valence-electron chi connectivity index (χ1n) is 9.69. The summed E-state index contributed by atoms with van der Waals surface area (Å²) in [6.45, 7) is 2.31. The van der Waals surface area contributed by atoms with Crippen molar-refractivity contribution in [3.8, 4) is 11.5 Å². The zero-order valence-electron chi connectivity index (χ0n) is 17.1. The number of carbonyl (C=O) groups is 2. The minimum atomic E-state index is -0.860. The van der Waals surface area contributed by atoms with Gasteiger partial charge < -0.3 is 19.5 Å². The smallest absolute Gasteiger partial charge is 0.295 e. The van der Waals surface area contributed by atoms with Crippen LogP contribution in [0.3, 0.4) is 0 Å². The van der Waals surface area contributed by atoms with Gasteiger partial charge in [0.2, 0.25) is 0 Å². The fraction of sp³-hybridized carbons (Fsp3) is 0.304. The van der Waals surface area contributed by atoms with Crippen molar-refractivity contribution in [1.29, 1.82) is 0 Å². The highest BCUT2D eigenvalue weighted by molar-refractivity contribution is 6.46. The third-order valence-corrected chi connectivity index (χ3v) is 5.14. The predicted molar refractivity (Wildman–Crippen MR) is 110 cm³/mol. The van der Waals surface area contributed by atoms with Crippen molar-refractivity contribution in [1.82, 2.24) is 4.90 Å². The first-order valence-corrected chi connectivity index (χ1v) is 9.69. The van der Waals surface area contributed by atoms with E-state index in [-0.39, 0.29) is 16.9 Å². The Bertz CT molecular complexity index is 1000. The Kier molecular flexibility index (Phi) is 6.40. The molecule has 1 unspecified atom stereocenters. The minimum Gasteiger partial charge on any atom is -0.507 e. The molecule has 7 heteroatoms. The zero-order valence-corrected chi connectivity index (χ0v) is 17.1. The van der Waals surface area contributed by atoms with Crippen molar-refractivity contribution in [2.24, 2.45) is 0 Å². The third kappa shape index (κ3) is 3.75. The molecule has 3 rings (SSSR count). The Hall–Kier alpha value is -3.35. The molecular formula is C23H24FNO5. The Balaban J connectivity index is 2.27. The molecule has 1 amide bonds. The van der Waals surface area contributed by atoms with Crippen LogP contribution in [0.5, 0.6) is 11.5 Å². The topological polar surface area (TPSA) is 76.1 Å². The van der Waals surface area contributed by atoms with Crippen LogP contribution in [-0.2, 0) is 9.59 Å². The van der Waals surface area contributed by atoms with Gasteiger partial charge in [-0.3, -0.25) is 9.59 Å². The zero-order chi connectivity index (χ0) is 21.8. The van der Waals surface area contributed by atoms with E-state index in [1.165, 1.54) is 31.3 Å². The second-order valence-electron chi connectivity index (χ2n) is 6.93. The van der Waals surface area contributed by atoms with Crippen LogP contribution in [0.15, 0.2) is 48.0 Å². The van der Waals surface area contributed by atoms with Crippen LogP contribution >= 0.6 is 0 Å². The van der Waals surface area contributed by atoms with Gasteiger partial charge in [0.15, 0.2) is 0 Å². The number of nitrogens with zero attached hydrogens (tertiary/aromatic N) is 1. The molecule has 0 radical (unpaired) electrons. The maximum atomic E-state index is 13.9. The number of benzene rings is 2. The summed E-state index contributed by atoms with van der Waals surface area (Å²) in [4.78, 5) is 27.3. The Morgan fingerprint density at radius 1 is 1.10 bits per heavy atom. The van der Waals surface area contributed by atoms with Gasteiger partial charge in [0.05, 0.1) is 31.4 Å². The van der Waals surface area contributed by atoms with Crippen molar-refractivity contribution < 1.29 is 28.6 Å². The van der Waals surface area contributed by atoms with Crippen molar-refractivity contribution in [2.75, 3.05) is 20.8 Å². The van der Waals surface area contributed by atoms with E-state index in [1.54, 1.807) is 24.3 Å². The molecule has 1 aliphatic rings. The van der Waals surface area contributed by atoms with Crippen LogP contribution in [0.4, 0.5) is 4.39 Å². The molecule has 1 aliphatic heterocycles. The van der Waals surface area contributed by atoms with E-state index >= 15 is 0 Å². The molecule has 6 nitrogen and oxygen atoms in total. The third-order valence-electron chi connectivity index (χ3n) is 5.14. The molecule has 1 saturated heterocycles. The number of aliphatic hydroxyl groups excluding tert-OH is 1. The van der Waals surface area contributed by atoms with Crippen LogP contribution in [0.1, 0.15) is 36.9 Å². The number of para-hydroxylation sites is 1. The first-order chi connectivity index (χ1) is 14.4. The van der Waals surface area contributed by atoms with E-state index in [1.807, 2.05) is 6.92 Å². The number of halogens is 1. The summed E-state index contributed by atoms with van der Waals surface area (Å²) in [5.74, 6) is -1.97. The van der Waals surface area contributed by atoms with Crippen LogP contribution in [0, 0.1) is 5.82 Å². The lowest BCUT2D eigenvalue weighted by Gasteiger charge is -2.26. The lowest BCUT2D eigenvalue weighted by molar-refractivity contribution is -0.139. The maximum Gasteiger partial charge on any atom is 0.295 e. The molecule has 30 heavy (non-hydrogen) atoms. The number of amides is 1. The molecule has 158 valence electrons. The molecular weight excluding hydrogens is 389 g/mol. The molecule has 0 aliphatic carbocycles.